The van der Waals surface area contributed by atoms with Gasteiger partial charge in [0, 0.05) is 31.9 Å². The first kappa shape index (κ1) is 26.0. The van der Waals surface area contributed by atoms with Crippen LogP contribution in [0.2, 0.25) is 0 Å². The van der Waals surface area contributed by atoms with Crippen molar-refractivity contribution in [3.8, 4) is 5.75 Å². The Bertz CT molecular complexity index is 1040. The number of ether oxygens (including phenoxy) is 2. The number of esters is 1. The maximum absolute atomic E-state index is 12.4. The molecule has 1 aliphatic rings. The lowest BCUT2D eigenvalue weighted by molar-refractivity contribution is -0.274. The molecule has 11 heteroatoms. The van der Waals surface area contributed by atoms with Crippen molar-refractivity contribution in [1.82, 2.24) is 9.80 Å². The zero-order chi connectivity index (χ0) is 25.6. The van der Waals surface area contributed by atoms with Gasteiger partial charge in [-0.05, 0) is 49.2 Å². The summed E-state index contributed by atoms with van der Waals surface area (Å²) in [4.78, 5) is 40.4. The lowest BCUT2D eigenvalue weighted by Gasteiger charge is -2.34. The van der Waals surface area contributed by atoms with Gasteiger partial charge in [0.05, 0.1) is 12.1 Å². The highest BCUT2D eigenvalue weighted by Crippen LogP contribution is 2.23. The van der Waals surface area contributed by atoms with E-state index in [1.165, 1.54) is 4.90 Å². The van der Waals surface area contributed by atoms with Crippen molar-refractivity contribution < 1.29 is 37.0 Å². The first-order valence-electron chi connectivity index (χ1n) is 10.9. The van der Waals surface area contributed by atoms with Gasteiger partial charge in [-0.15, -0.1) is 13.2 Å². The van der Waals surface area contributed by atoms with Gasteiger partial charge in [-0.3, -0.25) is 14.5 Å². The maximum atomic E-state index is 12.4. The number of hydrogen-bond donors (Lipinski definition) is 1. The Morgan fingerprint density at radius 1 is 0.943 bits per heavy atom. The van der Waals surface area contributed by atoms with Gasteiger partial charge in [0.15, 0.2) is 6.61 Å². The molecule has 1 aliphatic heterocycles. The average Bonchev–Trinajstić information content (AvgIpc) is 2.79. The van der Waals surface area contributed by atoms with Crippen LogP contribution in [0.15, 0.2) is 42.5 Å². The molecule has 0 aromatic heterocycles. The van der Waals surface area contributed by atoms with Gasteiger partial charge in [0.25, 0.3) is 5.91 Å². The predicted molar refractivity (Wildman–Crippen MR) is 121 cm³/mol. The molecule has 1 fully saturated rings. The van der Waals surface area contributed by atoms with Crippen molar-refractivity contribution in [2.24, 2.45) is 0 Å². The van der Waals surface area contributed by atoms with Crippen LogP contribution in [0.4, 0.5) is 18.9 Å². The monoisotopic (exact) mass is 493 g/mol. The minimum atomic E-state index is -4.83. The molecule has 0 saturated carbocycles. The summed E-state index contributed by atoms with van der Waals surface area (Å²) in [7, 11) is 0. The molecule has 2 amide bonds. The number of anilines is 1. The van der Waals surface area contributed by atoms with Crippen molar-refractivity contribution in [3.63, 3.8) is 0 Å². The first-order chi connectivity index (χ1) is 16.5. The molecular weight excluding hydrogens is 467 g/mol. The summed E-state index contributed by atoms with van der Waals surface area (Å²) < 4.78 is 45.4. The summed E-state index contributed by atoms with van der Waals surface area (Å²) in [6, 6.07) is 10.0. The van der Waals surface area contributed by atoms with E-state index in [0.717, 1.165) is 41.1 Å². The summed E-state index contributed by atoms with van der Waals surface area (Å²) in [6.07, 6.45) is -4.83. The molecule has 8 nitrogen and oxygen atoms in total. The second kappa shape index (κ2) is 11.2. The molecule has 0 aliphatic carbocycles. The number of nitrogens with one attached hydrogen (secondary N) is 1. The largest absolute Gasteiger partial charge is 0.573 e. The van der Waals surface area contributed by atoms with Gasteiger partial charge < -0.3 is 19.7 Å². The van der Waals surface area contributed by atoms with Gasteiger partial charge in [-0.2, -0.15) is 0 Å². The van der Waals surface area contributed by atoms with Gasteiger partial charge in [0.1, 0.15) is 5.75 Å². The molecule has 0 bridgehead atoms. The Morgan fingerprint density at radius 2 is 1.54 bits per heavy atom. The van der Waals surface area contributed by atoms with E-state index >= 15 is 0 Å². The van der Waals surface area contributed by atoms with Crippen LogP contribution < -0.4 is 10.1 Å². The van der Waals surface area contributed by atoms with Crippen LogP contribution in [0.25, 0.3) is 0 Å². The number of carbonyl (C=O) groups excluding carboxylic acids is 3. The number of rotatable bonds is 7. The number of alkyl halides is 3. The van der Waals surface area contributed by atoms with E-state index in [4.69, 9.17) is 4.74 Å². The van der Waals surface area contributed by atoms with Crippen LogP contribution in [-0.4, -0.2) is 73.3 Å². The third-order valence-electron chi connectivity index (χ3n) is 5.49. The first-order valence-corrected chi connectivity index (χ1v) is 10.9. The number of nitrogens with zero attached hydrogens (tertiary/aromatic N) is 2. The Morgan fingerprint density at radius 3 is 2.11 bits per heavy atom. The fourth-order valence-corrected chi connectivity index (χ4v) is 3.64. The van der Waals surface area contributed by atoms with Gasteiger partial charge >= 0.3 is 12.3 Å². The Labute approximate surface area is 200 Å². The number of carbonyl (C=O) groups is 3. The van der Waals surface area contributed by atoms with Crippen LogP contribution in [0.1, 0.15) is 21.5 Å². The maximum Gasteiger partial charge on any atom is 0.573 e. The zero-order valence-electron chi connectivity index (χ0n) is 19.4. The van der Waals surface area contributed by atoms with E-state index in [1.54, 1.807) is 0 Å². The van der Waals surface area contributed by atoms with Crippen LogP contribution in [0.3, 0.4) is 0 Å². The molecular formula is C24H26F3N3O5. The van der Waals surface area contributed by atoms with E-state index in [-0.39, 0.29) is 18.0 Å². The molecule has 3 rings (SSSR count). The number of para-hydroxylation sites is 1. The molecule has 1 N–H and O–H groups in total. The zero-order valence-corrected chi connectivity index (χ0v) is 19.4. The van der Waals surface area contributed by atoms with E-state index in [0.29, 0.717) is 26.2 Å². The summed E-state index contributed by atoms with van der Waals surface area (Å²) >= 11 is 0. The minimum Gasteiger partial charge on any atom is -0.452 e. The van der Waals surface area contributed by atoms with Crippen molar-refractivity contribution in [3.05, 3.63) is 59.2 Å². The summed E-state index contributed by atoms with van der Waals surface area (Å²) in [5.41, 5.74) is 2.76. The van der Waals surface area contributed by atoms with Crippen molar-refractivity contribution in [2.45, 2.75) is 20.2 Å². The van der Waals surface area contributed by atoms with Crippen molar-refractivity contribution >= 4 is 23.5 Å². The standard InChI is InChI=1S/C24H26F3N3O5/c1-16-4-3-5-17(2)22(16)28-20(31)14-29-10-12-30(13-11-29)21(32)15-34-23(33)18-6-8-19(9-7-18)35-24(25,26)27/h3-9H,10-15H2,1-2H3,(H,28,31). The second-order valence-corrected chi connectivity index (χ2v) is 8.12. The molecule has 188 valence electrons. The van der Waals surface area contributed by atoms with Gasteiger partial charge in [-0.1, -0.05) is 18.2 Å². The summed E-state index contributed by atoms with van der Waals surface area (Å²) in [5, 5.41) is 2.94. The molecule has 2 aromatic rings. The highest BCUT2D eigenvalue weighted by Gasteiger charge is 2.31. The quantitative estimate of drug-likeness (QED) is 0.597. The molecule has 0 radical (unpaired) electrons. The van der Waals surface area contributed by atoms with Crippen LogP contribution in [0, 0.1) is 13.8 Å². The molecule has 0 spiro atoms. The Balaban J connectivity index is 1.40. The third kappa shape index (κ3) is 7.71. The van der Waals surface area contributed by atoms with Gasteiger partial charge in [0.2, 0.25) is 5.91 Å². The topological polar surface area (TPSA) is 88.2 Å². The van der Waals surface area contributed by atoms with E-state index < -0.39 is 30.6 Å². The summed E-state index contributed by atoms with van der Waals surface area (Å²) in [5.74, 6) is -1.83. The molecule has 1 heterocycles. The molecule has 1 saturated heterocycles. The number of aryl methyl sites for hydroxylation is 2. The highest BCUT2D eigenvalue weighted by molar-refractivity contribution is 5.94. The number of benzene rings is 2. The smallest absolute Gasteiger partial charge is 0.452 e. The molecule has 0 unspecified atom stereocenters. The molecule has 2 aromatic carbocycles. The summed E-state index contributed by atoms with van der Waals surface area (Å²) in [6.45, 7) is 5.27. The fourth-order valence-electron chi connectivity index (χ4n) is 3.64. The SMILES string of the molecule is Cc1cccc(C)c1NC(=O)CN1CCN(C(=O)COC(=O)c2ccc(OC(F)(F)F)cc2)CC1. The van der Waals surface area contributed by atoms with E-state index in [2.05, 4.69) is 10.1 Å². The van der Waals surface area contributed by atoms with E-state index in [9.17, 15) is 27.6 Å². The van der Waals surface area contributed by atoms with Crippen LogP contribution >= 0.6 is 0 Å². The average molecular weight is 493 g/mol. The normalized spacial score (nSPS) is 14.4. The van der Waals surface area contributed by atoms with Crippen LogP contribution in [-0.2, 0) is 14.3 Å². The minimum absolute atomic E-state index is 0.00737. The fraction of sp³-hybridized carbons (Fsp3) is 0.375. The number of halogens is 3. The molecule has 35 heavy (non-hydrogen) atoms. The predicted octanol–water partition coefficient (Wildman–Crippen LogP) is 3.14. The highest BCUT2D eigenvalue weighted by atomic mass is 19.4. The van der Waals surface area contributed by atoms with Gasteiger partial charge in [-0.25, -0.2) is 4.79 Å². The van der Waals surface area contributed by atoms with Crippen molar-refractivity contribution in [1.29, 1.82) is 0 Å². The number of piperazine rings is 1. The second-order valence-electron chi connectivity index (χ2n) is 8.12. The van der Waals surface area contributed by atoms with Crippen LogP contribution in [0.5, 0.6) is 5.75 Å². The lowest BCUT2D eigenvalue weighted by atomic mass is 10.1. The number of hydrogen-bond acceptors (Lipinski definition) is 6. The lowest BCUT2D eigenvalue weighted by Crippen LogP contribution is -2.51. The third-order valence-corrected chi connectivity index (χ3v) is 5.49. The number of amides is 2. The van der Waals surface area contributed by atoms with Crippen molar-refractivity contribution in [2.75, 3.05) is 44.6 Å². The molecule has 0 atom stereocenters. The Kier molecular flexibility index (Phi) is 8.34. The van der Waals surface area contributed by atoms with E-state index in [1.807, 2.05) is 36.9 Å². The Hall–Kier alpha value is -3.60.